The second-order valence-corrected chi connectivity index (χ2v) is 7.43. The monoisotopic (exact) mass is 536 g/mol. The van der Waals surface area contributed by atoms with Crippen molar-refractivity contribution in [2.45, 2.75) is 73.3 Å². The Morgan fingerprint density at radius 3 is 2.05 bits per heavy atom. The molecule has 7 nitrogen and oxygen atoms in total. The molecule has 1 N–H and O–H groups in total. The number of benzene rings is 2. The molecule has 0 amide bonds. The quantitative estimate of drug-likeness (QED) is 0.230. The molecule has 0 saturated heterocycles. The third-order valence-corrected chi connectivity index (χ3v) is 5.05. The Kier molecular flexibility index (Phi) is 19.7. The van der Waals surface area contributed by atoms with E-state index in [9.17, 15) is 4.79 Å². The van der Waals surface area contributed by atoms with Crippen LogP contribution >= 0.6 is 0 Å². The van der Waals surface area contributed by atoms with Gasteiger partial charge in [0.25, 0.3) is 0 Å². The number of ether oxygens (including phenoxy) is 2. The van der Waals surface area contributed by atoms with E-state index in [0.717, 1.165) is 29.7 Å². The number of rotatable bonds is 11. The van der Waals surface area contributed by atoms with E-state index < -0.39 is 11.9 Å². The van der Waals surface area contributed by atoms with Gasteiger partial charge in [0, 0.05) is 0 Å². The van der Waals surface area contributed by atoms with Crippen LogP contribution in [0.1, 0.15) is 77.8 Å². The summed E-state index contributed by atoms with van der Waals surface area (Å²) < 4.78 is 11.7. The second kappa shape index (κ2) is 22.0. The number of hydrogen-bond acceptors (Lipinski definition) is 6. The summed E-state index contributed by atoms with van der Waals surface area (Å²) in [6.07, 6.45) is 8.06. The van der Waals surface area contributed by atoms with Gasteiger partial charge in [-0.15, -0.1) is 0 Å². The lowest BCUT2D eigenvalue weighted by Crippen LogP contribution is -2.14. The molecule has 0 heterocycles. The number of carbonyl (C=O) groups is 1. The predicted octanol–water partition coefficient (Wildman–Crippen LogP) is 8.08. The summed E-state index contributed by atoms with van der Waals surface area (Å²) in [4.78, 5) is 15.8. The molecule has 0 radical (unpaired) electrons. The van der Waals surface area contributed by atoms with Crippen LogP contribution in [-0.4, -0.2) is 30.5 Å². The number of nitriles is 1. The highest BCUT2D eigenvalue weighted by Crippen LogP contribution is 2.23. The first kappa shape index (κ1) is 35.0. The number of oxime groups is 1. The van der Waals surface area contributed by atoms with Gasteiger partial charge in [0.15, 0.2) is 0 Å². The Balaban J connectivity index is 0.00000225. The van der Waals surface area contributed by atoms with Crippen molar-refractivity contribution in [1.82, 2.24) is 0 Å². The minimum atomic E-state index is -1.00. The van der Waals surface area contributed by atoms with Gasteiger partial charge >= 0.3 is 5.97 Å². The Bertz CT molecular complexity index is 1070. The minimum Gasteiger partial charge on any atom is -0.489 e. The molecule has 212 valence electrons. The molecule has 2 aromatic carbocycles. The van der Waals surface area contributed by atoms with E-state index in [0.29, 0.717) is 30.3 Å². The first-order valence-corrected chi connectivity index (χ1v) is 13.6. The summed E-state index contributed by atoms with van der Waals surface area (Å²) in [6, 6.07) is 16.5. The standard InChI is InChI=1S/C26H26N2O5.3C2H6/c1-31-28-25(21-5-3-2-4-6-21)18-33-23-11-7-19(8-12-23)17-32-24-13-9-20(10-14-24)22(16-27)15-26(29)30;3*1-2/h3,5-14,22H,2,4,15,17-18H2,1H3,(H,29,30);3*1-2H3/b28-25+;;;. The van der Waals surface area contributed by atoms with Crippen molar-refractivity contribution in [2.75, 3.05) is 13.7 Å². The van der Waals surface area contributed by atoms with Crippen molar-refractivity contribution in [3.8, 4) is 17.6 Å². The Hall–Kier alpha value is -4.05. The van der Waals surface area contributed by atoms with Gasteiger partial charge in [-0.05, 0) is 53.8 Å². The van der Waals surface area contributed by atoms with Crippen LogP contribution in [0.15, 0.2) is 77.5 Å². The lowest BCUT2D eigenvalue weighted by Gasteiger charge is -2.12. The zero-order valence-electron chi connectivity index (χ0n) is 24.4. The third kappa shape index (κ3) is 13.4. The van der Waals surface area contributed by atoms with Crippen LogP contribution in [0.2, 0.25) is 0 Å². The van der Waals surface area contributed by atoms with Crippen molar-refractivity contribution < 1.29 is 24.2 Å². The molecule has 0 fully saturated rings. The maximum atomic E-state index is 10.9. The fourth-order valence-corrected chi connectivity index (χ4v) is 3.31. The van der Waals surface area contributed by atoms with Crippen LogP contribution in [0.25, 0.3) is 0 Å². The molecule has 0 spiro atoms. The van der Waals surface area contributed by atoms with Crippen LogP contribution < -0.4 is 9.47 Å². The Labute approximate surface area is 234 Å². The van der Waals surface area contributed by atoms with E-state index >= 15 is 0 Å². The van der Waals surface area contributed by atoms with Gasteiger partial charge in [-0.3, -0.25) is 4.79 Å². The minimum absolute atomic E-state index is 0.224. The predicted molar refractivity (Wildman–Crippen MR) is 158 cm³/mol. The fourth-order valence-electron chi connectivity index (χ4n) is 3.31. The van der Waals surface area contributed by atoms with Crippen molar-refractivity contribution in [2.24, 2.45) is 5.16 Å². The van der Waals surface area contributed by atoms with Gasteiger partial charge in [-0.25, -0.2) is 0 Å². The molecular formula is C32H44N2O5. The van der Waals surface area contributed by atoms with Crippen molar-refractivity contribution in [3.05, 3.63) is 83.5 Å². The van der Waals surface area contributed by atoms with Crippen LogP contribution in [-0.2, 0) is 16.2 Å². The third-order valence-electron chi connectivity index (χ3n) is 5.05. The molecule has 0 aromatic heterocycles. The average molecular weight is 537 g/mol. The summed E-state index contributed by atoms with van der Waals surface area (Å²) in [5.74, 6) is -0.322. The zero-order chi connectivity index (χ0) is 29.5. The molecule has 2 aromatic rings. The van der Waals surface area contributed by atoms with Crippen molar-refractivity contribution in [3.63, 3.8) is 0 Å². The molecule has 1 atom stereocenters. The van der Waals surface area contributed by atoms with Gasteiger partial charge in [-0.2, -0.15) is 5.26 Å². The molecule has 7 heteroatoms. The SMILES string of the molecule is CC.CC.CC.CO/N=C(\COc1ccc(COc2ccc(C(C#N)CC(=O)O)cc2)cc1)C1=CCCC=C1. The maximum absolute atomic E-state index is 10.9. The Morgan fingerprint density at radius 2 is 1.54 bits per heavy atom. The number of hydrogen-bond donors (Lipinski definition) is 1. The largest absolute Gasteiger partial charge is 0.489 e. The topological polar surface area (TPSA) is 101 Å². The summed E-state index contributed by atoms with van der Waals surface area (Å²) >= 11 is 0. The zero-order valence-corrected chi connectivity index (χ0v) is 24.4. The molecule has 1 aliphatic rings. The molecular weight excluding hydrogens is 492 g/mol. The smallest absolute Gasteiger partial charge is 0.305 e. The number of aliphatic carboxylic acids is 1. The van der Waals surface area contributed by atoms with E-state index in [-0.39, 0.29) is 6.42 Å². The second-order valence-electron chi connectivity index (χ2n) is 7.43. The van der Waals surface area contributed by atoms with E-state index in [1.54, 1.807) is 24.3 Å². The summed E-state index contributed by atoms with van der Waals surface area (Å²) in [5, 5.41) is 22.1. The van der Waals surface area contributed by atoms with Crippen LogP contribution in [0.5, 0.6) is 11.5 Å². The van der Waals surface area contributed by atoms with Gasteiger partial charge in [0.05, 0.1) is 18.4 Å². The normalized spacial score (nSPS) is 12.4. The fraction of sp³-hybridized carbons (Fsp3) is 0.406. The lowest BCUT2D eigenvalue weighted by atomic mass is 9.97. The van der Waals surface area contributed by atoms with E-state index in [1.807, 2.05) is 78.0 Å². The highest BCUT2D eigenvalue weighted by atomic mass is 16.6. The molecule has 39 heavy (non-hydrogen) atoms. The molecule has 0 saturated carbocycles. The van der Waals surface area contributed by atoms with Gasteiger partial charge in [0.1, 0.15) is 37.5 Å². The van der Waals surface area contributed by atoms with E-state index in [4.69, 9.17) is 24.7 Å². The average Bonchev–Trinajstić information content (AvgIpc) is 3.01. The number of nitrogens with zero attached hydrogens (tertiary/aromatic N) is 2. The lowest BCUT2D eigenvalue weighted by molar-refractivity contribution is -0.137. The highest BCUT2D eigenvalue weighted by molar-refractivity contribution is 6.03. The number of carboxylic acid groups (broad SMARTS) is 1. The molecule has 0 aliphatic heterocycles. The number of carboxylic acids is 1. The maximum Gasteiger partial charge on any atom is 0.305 e. The first-order chi connectivity index (χ1) is 19.1. The van der Waals surface area contributed by atoms with Crippen LogP contribution in [0.4, 0.5) is 0 Å². The number of allylic oxidation sites excluding steroid dienone is 3. The van der Waals surface area contributed by atoms with E-state index in [2.05, 4.69) is 17.3 Å². The van der Waals surface area contributed by atoms with Crippen molar-refractivity contribution >= 4 is 11.7 Å². The van der Waals surface area contributed by atoms with Crippen molar-refractivity contribution in [1.29, 1.82) is 5.26 Å². The summed E-state index contributed by atoms with van der Waals surface area (Å²) in [7, 11) is 1.52. The summed E-state index contributed by atoms with van der Waals surface area (Å²) in [6.45, 7) is 12.7. The molecule has 0 bridgehead atoms. The van der Waals surface area contributed by atoms with Crippen LogP contribution in [0.3, 0.4) is 0 Å². The molecule has 1 aliphatic carbocycles. The molecule has 3 rings (SSSR count). The van der Waals surface area contributed by atoms with Gasteiger partial charge < -0.3 is 19.4 Å². The van der Waals surface area contributed by atoms with Gasteiger partial charge in [0.2, 0.25) is 0 Å². The highest BCUT2D eigenvalue weighted by Gasteiger charge is 2.15. The van der Waals surface area contributed by atoms with E-state index in [1.165, 1.54) is 7.11 Å². The first-order valence-electron chi connectivity index (χ1n) is 13.6. The Morgan fingerprint density at radius 1 is 0.949 bits per heavy atom. The van der Waals surface area contributed by atoms with Gasteiger partial charge in [-0.1, -0.05) is 89.2 Å². The van der Waals surface area contributed by atoms with Crippen LogP contribution in [0, 0.1) is 11.3 Å². The summed E-state index contributed by atoms with van der Waals surface area (Å²) in [5.41, 5.74) is 3.38. The molecule has 1 unspecified atom stereocenters.